The topological polar surface area (TPSA) is 26.0 Å². The molecule has 1 aliphatic rings. The second-order valence-electron chi connectivity index (χ2n) is 5.11. The van der Waals surface area contributed by atoms with E-state index in [1.807, 2.05) is 24.3 Å². The Balaban J connectivity index is 1.78. The molecule has 19 heavy (non-hydrogen) atoms. The van der Waals surface area contributed by atoms with E-state index < -0.39 is 0 Å². The molecular weight excluding hydrogens is 305 g/mol. The Bertz CT molecular complexity index is 585. The van der Waals surface area contributed by atoms with E-state index in [2.05, 4.69) is 28.1 Å². The van der Waals surface area contributed by atoms with Gasteiger partial charge in [0, 0.05) is 16.1 Å². The monoisotopic (exact) mass is 319 g/mol. The molecule has 1 nitrogen and oxygen atoms in total. The average Bonchev–Trinajstić information content (AvgIpc) is 3.19. The molecule has 0 aliphatic heterocycles. The van der Waals surface area contributed by atoms with Crippen LogP contribution in [0.15, 0.2) is 53.0 Å². The number of halogens is 2. The van der Waals surface area contributed by atoms with E-state index in [1.165, 1.54) is 11.6 Å². The van der Waals surface area contributed by atoms with Crippen LogP contribution in [-0.4, -0.2) is 0 Å². The maximum atomic E-state index is 13.9. The van der Waals surface area contributed by atoms with Gasteiger partial charge in [-0.2, -0.15) is 0 Å². The first-order valence-electron chi connectivity index (χ1n) is 6.42. The summed E-state index contributed by atoms with van der Waals surface area (Å²) in [7, 11) is 0. The summed E-state index contributed by atoms with van der Waals surface area (Å²) in [6.07, 6.45) is 1.04. The number of nitrogens with two attached hydrogens (primary N) is 1. The molecule has 3 rings (SSSR count). The molecule has 2 aromatic rings. The highest BCUT2D eigenvalue weighted by Gasteiger charge is 2.43. The molecule has 1 fully saturated rings. The van der Waals surface area contributed by atoms with Crippen molar-refractivity contribution in [1.82, 2.24) is 0 Å². The summed E-state index contributed by atoms with van der Waals surface area (Å²) >= 11 is 3.27. The summed E-state index contributed by atoms with van der Waals surface area (Å²) in [6.45, 7) is 0. The van der Waals surface area contributed by atoms with Gasteiger partial charge < -0.3 is 5.73 Å². The smallest absolute Gasteiger partial charge is 0.129 e. The van der Waals surface area contributed by atoms with Crippen molar-refractivity contribution in [3.05, 3.63) is 69.9 Å². The first kappa shape index (κ1) is 12.8. The van der Waals surface area contributed by atoms with E-state index in [0.29, 0.717) is 17.4 Å². The second-order valence-corrected chi connectivity index (χ2v) is 6.02. The molecule has 98 valence electrons. The fourth-order valence-corrected chi connectivity index (χ4v) is 3.03. The first-order valence-corrected chi connectivity index (χ1v) is 7.21. The Morgan fingerprint density at radius 2 is 1.89 bits per heavy atom. The summed E-state index contributed by atoms with van der Waals surface area (Å²) in [5.74, 6) is 0.595. The van der Waals surface area contributed by atoms with Crippen molar-refractivity contribution in [1.29, 1.82) is 0 Å². The van der Waals surface area contributed by atoms with E-state index in [9.17, 15) is 4.39 Å². The number of hydrogen-bond acceptors (Lipinski definition) is 1. The molecule has 0 radical (unpaired) electrons. The molecule has 3 unspecified atom stereocenters. The summed E-state index contributed by atoms with van der Waals surface area (Å²) in [5.41, 5.74) is 8.15. The summed E-state index contributed by atoms with van der Waals surface area (Å²) in [5, 5.41) is 0. The lowest BCUT2D eigenvalue weighted by molar-refractivity contribution is 0.546. The quantitative estimate of drug-likeness (QED) is 0.892. The first-order chi connectivity index (χ1) is 9.16. The summed E-state index contributed by atoms with van der Waals surface area (Å²) in [6, 6.07) is 15.2. The van der Waals surface area contributed by atoms with Crippen molar-refractivity contribution in [3.8, 4) is 0 Å². The van der Waals surface area contributed by atoms with Gasteiger partial charge in [0.2, 0.25) is 0 Å². The molecule has 2 aromatic carbocycles. The number of hydrogen-bond donors (Lipinski definition) is 1. The highest BCUT2D eigenvalue weighted by Crippen LogP contribution is 2.53. The molecule has 2 N–H and O–H groups in total. The molecule has 0 saturated heterocycles. The molecule has 0 aromatic heterocycles. The third-order valence-electron chi connectivity index (χ3n) is 3.85. The Morgan fingerprint density at radius 1 is 1.16 bits per heavy atom. The van der Waals surface area contributed by atoms with Gasteiger partial charge in [0.1, 0.15) is 5.82 Å². The van der Waals surface area contributed by atoms with Crippen molar-refractivity contribution in [2.75, 3.05) is 0 Å². The van der Waals surface area contributed by atoms with Crippen LogP contribution in [0.25, 0.3) is 0 Å². The van der Waals surface area contributed by atoms with Gasteiger partial charge in [-0.1, -0.05) is 52.3 Å². The maximum absolute atomic E-state index is 13.9. The van der Waals surface area contributed by atoms with Gasteiger partial charge in [-0.05, 0) is 36.0 Å². The van der Waals surface area contributed by atoms with Crippen LogP contribution >= 0.6 is 15.9 Å². The Hall–Kier alpha value is -1.19. The summed E-state index contributed by atoms with van der Waals surface area (Å²) in [4.78, 5) is 0. The highest BCUT2D eigenvalue weighted by molar-refractivity contribution is 9.10. The van der Waals surface area contributed by atoms with Gasteiger partial charge in [-0.25, -0.2) is 4.39 Å². The van der Waals surface area contributed by atoms with E-state index >= 15 is 0 Å². The van der Waals surface area contributed by atoms with Crippen LogP contribution in [0, 0.1) is 11.7 Å². The lowest BCUT2D eigenvalue weighted by atomic mass is 9.99. The van der Waals surface area contributed by atoms with Gasteiger partial charge in [-0.15, -0.1) is 0 Å². The molecule has 1 aliphatic carbocycles. The van der Waals surface area contributed by atoms with Crippen LogP contribution in [0.3, 0.4) is 0 Å². The van der Waals surface area contributed by atoms with Crippen LogP contribution in [-0.2, 0) is 0 Å². The Morgan fingerprint density at radius 3 is 2.58 bits per heavy atom. The van der Waals surface area contributed by atoms with Crippen LogP contribution in [0.2, 0.25) is 0 Å². The standard InChI is InChI=1S/C16H15BrFN/c17-11-6-7-12(15(18)8-11)16(19)14-9-13(14)10-4-2-1-3-5-10/h1-8,13-14,16H,9,19H2. The lowest BCUT2D eigenvalue weighted by Gasteiger charge is -2.13. The van der Waals surface area contributed by atoms with Gasteiger partial charge in [0.15, 0.2) is 0 Å². The molecule has 0 bridgehead atoms. The Labute approximate surface area is 120 Å². The minimum absolute atomic E-state index is 0.222. The fourth-order valence-electron chi connectivity index (χ4n) is 2.70. The van der Waals surface area contributed by atoms with Gasteiger partial charge in [0.05, 0.1) is 0 Å². The lowest BCUT2D eigenvalue weighted by Crippen LogP contribution is -2.15. The van der Waals surface area contributed by atoms with Crippen molar-refractivity contribution < 1.29 is 4.39 Å². The van der Waals surface area contributed by atoms with E-state index in [1.54, 1.807) is 6.07 Å². The average molecular weight is 320 g/mol. The molecule has 0 spiro atoms. The predicted molar refractivity (Wildman–Crippen MR) is 78.3 cm³/mol. The SMILES string of the molecule is NC(c1ccc(Br)cc1F)C1CC1c1ccccc1. The van der Waals surface area contributed by atoms with Crippen molar-refractivity contribution >= 4 is 15.9 Å². The van der Waals surface area contributed by atoms with Crippen LogP contribution in [0.5, 0.6) is 0 Å². The van der Waals surface area contributed by atoms with Gasteiger partial charge in [-0.3, -0.25) is 0 Å². The molecular formula is C16H15BrFN. The third kappa shape index (κ3) is 2.58. The van der Waals surface area contributed by atoms with Crippen molar-refractivity contribution in [2.24, 2.45) is 11.7 Å². The normalized spacial score (nSPS) is 23.1. The van der Waals surface area contributed by atoms with Gasteiger partial charge in [0.25, 0.3) is 0 Å². The van der Waals surface area contributed by atoms with Crippen LogP contribution < -0.4 is 5.73 Å². The molecule has 0 heterocycles. The van der Waals surface area contributed by atoms with E-state index in [0.717, 1.165) is 10.9 Å². The zero-order valence-electron chi connectivity index (χ0n) is 10.4. The van der Waals surface area contributed by atoms with Gasteiger partial charge >= 0.3 is 0 Å². The molecule has 3 atom stereocenters. The highest BCUT2D eigenvalue weighted by atomic mass is 79.9. The van der Waals surface area contributed by atoms with Crippen molar-refractivity contribution in [3.63, 3.8) is 0 Å². The minimum Gasteiger partial charge on any atom is -0.324 e. The molecule has 1 saturated carbocycles. The van der Waals surface area contributed by atoms with Crippen LogP contribution in [0.4, 0.5) is 4.39 Å². The summed E-state index contributed by atoms with van der Waals surface area (Å²) < 4.78 is 14.7. The van der Waals surface area contributed by atoms with E-state index in [-0.39, 0.29) is 11.9 Å². The molecule has 0 amide bonds. The minimum atomic E-state index is -0.224. The zero-order chi connectivity index (χ0) is 13.4. The maximum Gasteiger partial charge on any atom is 0.129 e. The van der Waals surface area contributed by atoms with Crippen LogP contribution in [0.1, 0.15) is 29.5 Å². The molecule has 3 heteroatoms. The van der Waals surface area contributed by atoms with E-state index in [4.69, 9.17) is 5.73 Å². The number of benzene rings is 2. The second kappa shape index (κ2) is 5.06. The zero-order valence-corrected chi connectivity index (χ0v) is 12.0. The largest absolute Gasteiger partial charge is 0.324 e. The third-order valence-corrected chi connectivity index (χ3v) is 4.34. The van der Waals surface area contributed by atoms with Crippen molar-refractivity contribution in [2.45, 2.75) is 18.4 Å². The number of rotatable bonds is 3. The fraction of sp³-hybridized carbons (Fsp3) is 0.250. The Kier molecular flexibility index (Phi) is 3.42. The predicted octanol–water partition coefficient (Wildman–Crippen LogP) is 4.39.